The van der Waals surface area contributed by atoms with Crippen LogP contribution in [0.3, 0.4) is 0 Å². The van der Waals surface area contributed by atoms with E-state index in [0.717, 1.165) is 5.69 Å². The summed E-state index contributed by atoms with van der Waals surface area (Å²) < 4.78 is 0. The summed E-state index contributed by atoms with van der Waals surface area (Å²) >= 11 is 0. The van der Waals surface area contributed by atoms with E-state index >= 15 is 0 Å². The molecule has 0 saturated heterocycles. The average molecular weight is 394 g/mol. The second-order valence-corrected chi connectivity index (χ2v) is 8.80. The fourth-order valence-electron chi connectivity index (χ4n) is 4.97. The van der Waals surface area contributed by atoms with Crippen molar-refractivity contribution in [2.24, 2.45) is 5.92 Å². The summed E-state index contributed by atoms with van der Waals surface area (Å²) in [6.07, 6.45) is 2.02. The zero-order valence-corrected chi connectivity index (χ0v) is 19.2. The summed E-state index contributed by atoms with van der Waals surface area (Å²) in [5, 5.41) is 0. The number of aromatic nitrogens is 1. The van der Waals surface area contributed by atoms with E-state index < -0.39 is 0 Å². The van der Waals surface area contributed by atoms with E-state index in [4.69, 9.17) is 4.98 Å². The molecule has 1 aromatic heterocycles. The first kappa shape index (κ1) is 20.3. The van der Waals surface area contributed by atoms with Gasteiger partial charge in [-0.15, -0.1) is 0 Å². The molecule has 0 saturated carbocycles. The molecule has 1 heteroatoms. The molecule has 0 aliphatic heterocycles. The fourth-order valence-corrected chi connectivity index (χ4v) is 4.97. The minimum Gasteiger partial charge on any atom is -0.256 e. The second kappa shape index (κ2) is 7.72. The smallest absolute Gasteiger partial charge is 0.0705 e. The van der Waals surface area contributed by atoms with Gasteiger partial charge in [0, 0.05) is 23.2 Å². The van der Waals surface area contributed by atoms with Crippen molar-refractivity contribution in [3.05, 3.63) is 93.7 Å². The van der Waals surface area contributed by atoms with Crippen LogP contribution in [0.4, 0.5) is 0 Å². The third-order valence-electron chi connectivity index (χ3n) is 6.96. The van der Waals surface area contributed by atoms with E-state index in [1.54, 1.807) is 0 Å². The monoisotopic (exact) mass is 393 g/mol. The molecule has 0 bridgehead atoms. The number of pyridine rings is 1. The summed E-state index contributed by atoms with van der Waals surface area (Å²) in [4.78, 5) is 4.80. The number of aryl methyl sites for hydroxylation is 3. The second-order valence-electron chi connectivity index (χ2n) is 8.80. The number of allylic oxidation sites excluding steroid dienone is 4. The molecule has 30 heavy (non-hydrogen) atoms. The first-order valence-electron chi connectivity index (χ1n) is 10.8. The standard InChI is InChI=1S/C29H31N/c1-17-10-8-9-11-26(17)27-13-12-24(16-30-27)28-18(2)14-25(15-19(28)3)29-22(6)20(4)21(5)23(29)7/h8-16,22H,1-7H3/t22-/m1/s1. The maximum absolute atomic E-state index is 4.80. The van der Waals surface area contributed by atoms with Crippen molar-refractivity contribution in [3.8, 4) is 22.4 Å². The molecule has 152 valence electrons. The van der Waals surface area contributed by atoms with Gasteiger partial charge in [-0.25, -0.2) is 0 Å². The molecule has 0 amide bonds. The molecular formula is C29H31N. The summed E-state index contributed by atoms with van der Waals surface area (Å²) in [7, 11) is 0. The molecule has 2 aromatic carbocycles. The van der Waals surface area contributed by atoms with Crippen LogP contribution in [0.15, 0.2) is 71.4 Å². The molecule has 0 unspecified atom stereocenters. The molecule has 0 fully saturated rings. The van der Waals surface area contributed by atoms with Gasteiger partial charge in [0.25, 0.3) is 0 Å². The number of hydrogen-bond acceptors (Lipinski definition) is 1. The lowest BCUT2D eigenvalue weighted by Crippen LogP contribution is -2.00. The quantitative estimate of drug-likeness (QED) is 0.438. The molecule has 3 aromatic rings. The largest absolute Gasteiger partial charge is 0.256 e. The van der Waals surface area contributed by atoms with E-state index in [1.165, 1.54) is 61.2 Å². The number of rotatable bonds is 3. The lowest BCUT2D eigenvalue weighted by molar-refractivity contribution is 0.894. The van der Waals surface area contributed by atoms with Crippen LogP contribution in [0.1, 0.15) is 49.9 Å². The predicted octanol–water partition coefficient (Wildman–Crippen LogP) is 8.10. The van der Waals surface area contributed by atoms with E-state index in [0.29, 0.717) is 5.92 Å². The van der Waals surface area contributed by atoms with Crippen LogP contribution < -0.4 is 0 Å². The van der Waals surface area contributed by atoms with E-state index in [1.807, 2.05) is 6.20 Å². The van der Waals surface area contributed by atoms with Crippen molar-refractivity contribution in [2.75, 3.05) is 0 Å². The Labute approximate surface area is 181 Å². The molecule has 0 N–H and O–H groups in total. The Hall–Kier alpha value is -2.93. The summed E-state index contributed by atoms with van der Waals surface area (Å²) in [5.41, 5.74) is 15.8. The van der Waals surface area contributed by atoms with Gasteiger partial charge in [-0.3, -0.25) is 4.98 Å². The van der Waals surface area contributed by atoms with Crippen LogP contribution >= 0.6 is 0 Å². The maximum atomic E-state index is 4.80. The number of benzene rings is 2. The molecule has 1 heterocycles. The van der Waals surface area contributed by atoms with Gasteiger partial charge in [0.1, 0.15) is 0 Å². The zero-order valence-electron chi connectivity index (χ0n) is 19.2. The highest BCUT2D eigenvalue weighted by molar-refractivity contribution is 5.83. The van der Waals surface area contributed by atoms with Gasteiger partial charge in [0.2, 0.25) is 0 Å². The van der Waals surface area contributed by atoms with Crippen LogP contribution in [-0.2, 0) is 0 Å². The van der Waals surface area contributed by atoms with Gasteiger partial charge in [-0.1, -0.05) is 55.0 Å². The molecule has 1 nitrogen and oxygen atoms in total. The molecular weight excluding hydrogens is 362 g/mol. The van der Waals surface area contributed by atoms with Crippen LogP contribution in [-0.4, -0.2) is 4.98 Å². The van der Waals surface area contributed by atoms with Gasteiger partial charge in [-0.05, 0) is 92.1 Å². The van der Waals surface area contributed by atoms with E-state index in [-0.39, 0.29) is 0 Å². The fraction of sp³-hybridized carbons (Fsp3) is 0.276. The SMILES string of the molecule is CC1=C(C)[C@@H](C)C(c2cc(C)c(-c3ccc(-c4ccccc4C)nc3)c(C)c2)=C1C. The van der Waals surface area contributed by atoms with Crippen molar-refractivity contribution in [1.29, 1.82) is 0 Å². The lowest BCUT2D eigenvalue weighted by atomic mass is 9.87. The highest BCUT2D eigenvalue weighted by Crippen LogP contribution is 2.43. The van der Waals surface area contributed by atoms with E-state index in [2.05, 4.69) is 97.0 Å². The van der Waals surface area contributed by atoms with Crippen LogP contribution in [0.5, 0.6) is 0 Å². The van der Waals surface area contributed by atoms with Gasteiger partial charge in [-0.2, -0.15) is 0 Å². The average Bonchev–Trinajstić information content (AvgIpc) is 2.91. The van der Waals surface area contributed by atoms with E-state index in [9.17, 15) is 0 Å². The first-order chi connectivity index (χ1) is 14.3. The van der Waals surface area contributed by atoms with Crippen LogP contribution in [0.2, 0.25) is 0 Å². The molecule has 1 aliphatic rings. The summed E-state index contributed by atoms with van der Waals surface area (Å²) in [6, 6.07) is 17.5. The Balaban J connectivity index is 1.73. The predicted molar refractivity (Wildman–Crippen MR) is 129 cm³/mol. The van der Waals surface area contributed by atoms with Crippen LogP contribution in [0, 0.1) is 26.7 Å². The van der Waals surface area contributed by atoms with Gasteiger partial charge >= 0.3 is 0 Å². The third-order valence-corrected chi connectivity index (χ3v) is 6.96. The van der Waals surface area contributed by atoms with Gasteiger partial charge in [0.05, 0.1) is 5.69 Å². The Morgan fingerprint density at radius 3 is 1.90 bits per heavy atom. The Kier molecular flexibility index (Phi) is 5.24. The van der Waals surface area contributed by atoms with Crippen molar-refractivity contribution in [2.45, 2.75) is 48.5 Å². The minimum absolute atomic E-state index is 0.490. The number of hydrogen-bond donors (Lipinski definition) is 0. The highest BCUT2D eigenvalue weighted by Gasteiger charge is 2.25. The third kappa shape index (κ3) is 3.33. The Bertz CT molecular complexity index is 1170. The van der Waals surface area contributed by atoms with Crippen molar-refractivity contribution in [1.82, 2.24) is 4.98 Å². The van der Waals surface area contributed by atoms with Crippen molar-refractivity contribution >= 4 is 5.57 Å². The zero-order chi connectivity index (χ0) is 21.6. The maximum Gasteiger partial charge on any atom is 0.0705 e. The number of nitrogens with zero attached hydrogens (tertiary/aromatic N) is 1. The molecule has 0 spiro atoms. The first-order valence-corrected chi connectivity index (χ1v) is 10.8. The lowest BCUT2D eigenvalue weighted by Gasteiger charge is -2.18. The van der Waals surface area contributed by atoms with Crippen molar-refractivity contribution in [3.63, 3.8) is 0 Å². The molecule has 0 radical (unpaired) electrons. The Morgan fingerprint density at radius 2 is 1.37 bits per heavy atom. The van der Waals surface area contributed by atoms with Crippen LogP contribution in [0.25, 0.3) is 28.0 Å². The topological polar surface area (TPSA) is 12.9 Å². The summed E-state index contributed by atoms with van der Waals surface area (Å²) in [6.45, 7) is 15.7. The van der Waals surface area contributed by atoms with Gasteiger partial charge in [0.15, 0.2) is 0 Å². The van der Waals surface area contributed by atoms with Gasteiger partial charge < -0.3 is 0 Å². The Morgan fingerprint density at radius 1 is 0.700 bits per heavy atom. The minimum atomic E-state index is 0.490. The van der Waals surface area contributed by atoms with Crippen molar-refractivity contribution < 1.29 is 0 Å². The molecule has 4 rings (SSSR count). The molecule has 1 aliphatic carbocycles. The highest BCUT2D eigenvalue weighted by atomic mass is 14.7. The summed E-state index contributed by atoms with van der Waals surface area (Å²) in [5.74, 6) is 0.490. The normalized spacial score (nSPS) is 16.6. The molecule has 1 atom stereocenters.